The van der Waals surface area contributed by atoms with E-state index in [2.05, 4.69) is 26.3 Å². The van der Waals surface area contributed by atoms with Gasteiger partial charge in [0, 0.05) is 36.9 Å². The molecule has 2 fully saturated rings. The molecule has 5 heteroatoms. The third-order valence-electron chi connectivity index (χ3n) is 4.75. The van der Waals surface area contributed by atoms with Crippen molar-refractivity contribution in [1.29, 1.82) is 5.26 Å². The standard InChI is InChI=1S/C19H21N5/c20-12-14-3-7-17(8-4-14)24-11-1-2-16(13-24)22-18-9-10-21-19(23-18)15-5-6-15/h3-4,7-10,15-16H,1-2,5-6,11,13H2,(H,21,22,23). The molecule has 122 valence electrons. The molecule has 0 radical (unpaired) electrons. The van der Waals surface area contributed by atoms with Crippen LogP contribution in [0.5, 0.6) is 0 Å². The van der Waals surface area contributed by atoms with Gasteiger partial charge in [-0.2, -0.15) is 5.26 Å². The molecule has 24 heavy (non-hydrogen) atoms. The molecule has 1 aliphatic carbocycles. The highest BCUT2D eigenvalue weighted by atomic mass is 15.2. The first-order valence-electron chi connectivity index (χ1n) is 8.66. The van der Waals surface area contributed by atoms with E-state index in [4.69, 9.17) is 5.26 Å². The Kier molecular flexibility index (Phi) is 4.04. The summed E-state index contributed by atoms with van der Waals surface area (Å²) in [6.07, 6.45) is 6.61. The van der Waals surface area contributed by atoms with Crippen LogP contribution in [-0.2, 0) is 0 Å². The molecule has 1 aliphatic heterocycles. The first kappa shape index (κ1) is 14.9. The van der Waals surface area contributed by atoms with Crippen LogP contribution in [0.15, 0.2) is 36.5 Å². The quantitative estimate of drug-likeness (QED) is 0.936. The van der Waals surface area contributed by atoms with E-state index in [1.54, 1.807) is 0 Å². The molecule has 0 bridgehead atoms. The molecule has 1 saturated heterocycles. The van der Waals surface area contributed by atoms with E-state index < -0.39 is 0 Å². The maximum absolute atomic E-state index is 8.93. The first-order valence-corrected chi connectivity index (χ1v) is 8.66. The van der Waals surface area contributed by atoms with Gasteiger partial charge < -0.3 is 10.2 Å². The Balaban J connectivity index is 1.42. The first-order chi connectivity index (χ1) is 11.8. The summed E-state index contributed by atoms with van der Waals surface area (Å²) in [5, 5.41) is 12.5. The fraction of sp³-hybridized carbons (Fsp3) is 0.421. The van der Waals surface area contributed by atoms with Crippen LogP contribution in [-0.4, -0.2) is 29.1 Å². The maximum Gasteiger partial charge on any atom is 0.133 e. The van der Waals surface area contributed by atoms with Gasteiger partial charge in [-0.1, -0.05) is 0 Å². The maximum atomic E-state index is 8.93. The minimum atomic E-state index is 0.386. The van der Waals surface area contributed by atoms with Gasteiger partial charge in [-0.05, 0) is 56.0 Å². The van der Waals surface area contributed by atoms with Crippen molar-refractivity contribution < 1.29 is 0 Å². The van der Waals surface area contributed by atoms with Gasteiger partial charge in [0.15, 0.2) is 0 Å². The van der Waals surface area contributed by atoms with Gasteiger partial charge in [0.2, 0.25) is 0 Å². The third kappa shape index (κ3) is 3.33. The Morgan fingerprint density at radius 3 is 2.71 bits per heavy atom. The van der Waals surface area contributed by atoms with Crippen LogP contribution in [0.25, 0.3) is 0 Å². The lowest BCUT2D eigenvalue weighted by Crippen LogP contribution is -2.42. The van der Waals surface area contributed by atoms with E-state index in [0.717, 1.165) is 37.6 Å². The molecule has 0 spiro atoms. The molecule has 1 unspecified atom stereocenters. The molecule has 5 nitrogen and oxygen atoms in total. The zero-order valence-corrected chi connectivity index (χ0v) is 13.7. The van der Waals surface area contributed by atoms with Crippen LogP contribution in [0.1, 0.15) is 43.0 Å². The van der Waals surface area contributed by atoms with Crippen molar-refractivity contribution in [3.63, 3.8) is 0 Å². The zero-order chi connectivity index (χ0) is 16.4. The van der Waals surface area contributed by atoms with E-state index in [0.29, 0.717) is 17.5 Å². The van der Waals surface area contributed by atoms with Gasteiger partial charge in [0.1, 0.15) is 11.6 Å². The molecule has 1 atom stereocenters. The van der Waals surface area contributed by atoms with Crippen molar-refractivity contribution in [2.75, 3.05) is 23.3 Å². The number of anilines is 2. The molecule has 1 N–H and O–H groups in total. The summed E-state index contributed by atoms with van der Waals surface area (Å²) in [5.41, 5.74) is 1.89. The van der Waals surface area contributed by atoms with Gasteiger partial charge in [0.05, 0.1) is 11.6 Å². The van der Waals surface area contributed by atoms with Crippen LogP contribution in [0.2, 0.25) is 0 Å². The molecule has 1 aromatic heterocycles. The largest absolute Gasteiger partial charge is 0.369 e. The number of nitrogens with one attached hydrogen (secondary N) is 1. The van der Waals surface area contributed by atoms with Crippen LogP contribution in [0.4, 0.5) is 11.5 Å². The lowest BCUT2D eigenvalue weighted by atomic mass is 10.0. The van der Waals surface area contributed by atoms with E-state index in [1.807, 2.05) is 36.5 Å². The second-order valence-electron chi connectivity index (χ2n) is 6.66. The van der Waals surface area contributed by atoms with E-state index in [9.17, 15) is 0 Å². The molecule has 2 aromatic rings. The summed E-state index contributed by atoms with van der Waals surface area (Å²) >= 11 is 0. The summed E-state index contributed by atoms with van der Waals surface area (Å²) in [7, 11) is 0. The fourth-order valence-electron chi connectivity index (χ4n) is 3.28. The van der Waals surface area contributed by atoms with Gasteiger partial charge in [-0.3, -0.25) is 0 Å². The van der Waals surface area contributed by atoms with Crippen molar-refractivity contribution in [2.24, 2.45) is 0 Å². The molecule has 2 heterocycles. The monoisotopic (exact) mass is 319 g/mol. The highest BCUT2D eigenvalue weighted by Gasteiger charge is 2.27. The van der Waals surface area contributed by atoms with E-state index in [1.165, 1.54) is 18.5 Å². The topological polar surface area (TPSA) is 64.8 Å². The number of nitrogens with zero attached hydrogens (tertiary/aromatic N) is 4. The summed E-state index contributed by atoms with van der Waals surface area (Å²) < 4.78 is 0. The summed E-state index contributed by atoms with van der Waals surface area (Å²) in [6, 6.07) is 12.4. The van der Waals surface area contributed by atoms with Crippen molar-refractivity contribution >= 4 is 11.5 Å². The lowest BCUT2D eigenvalue weighted by Gasteiger charge is -2.35. The summed E-state index contributed by atoms with van der Waals surface area (Å²) in [5.74, 6) is 2.51. The minimum Gasteiger partial charge on any atom is -0.369 e. The Morgan fingerprint density at radius 1 is 1.12 bits per heavy atom. The van der Waals surface area contributed by atoms with Crippen LogP contribution < -0.4 is 10.2 Å². The van der Waals surface area contributed by atoms with Crippen molar-refractivity contribution in [2.45, 2.75) is 37.6 Å². The van der Waals surface area contributed by atoms with Crippen molar-refractivity contribution in [3.05, 3.63) is 47.9 Å². The number of rotatable bonds is 4. The number of piperidine rings is 1. The van der Waals surface area contributed by atoms with Gasteiger partial charge in [-0.25, -0.2) is 9.97 Å². The van der Waals surface area contributed by atoms with Gasteiger partial charge in [0.25, 0.3) is 0 Å². The summed E-state index contributed by atoms with van der Waals surface area (Å²) in [4.78, 5) is 11.4. The van der Waals surface area contributed by atoms with Crippen LogP contribution >= 0.6 is 0 Å². The Bertz CT molecular complexity index is 745. The normalized spacial score (nSPS) is 20.5. The minimum absolute atomic E-state index is 0.386. The highest BCUT2D eigenvalue weighted by molar-refractivity contribution is 5.50. The van der Waals surface area contributed by atoms with Crippen molar-refractivity contribution in [1.82, 2.24) is 9.97 Å². The van der Waals surface area contributed by atoms with E-state index in [-0.39, 0.29) is 0 Å². The lowest BCUT2D eigenvalue weighted by molar-refractivity contribution is 0.528. The molecule has 0 amide bonds. The number of nitriles is 1. The Hall–Kier alpha value is -2.61. The molecule has 1 saturated carbocycles. The molecule has 4 rings (SSSR count). The second-order valence-corrected chi connectivity index (χ2v) is 6.66. The average molecular weight is 319 g/mol. The fourth-order valence-corrected chi connectivity index (χ4v) is 3.28. The summed E-state index contributed by atoms with van der Waals surface area (Å²) in [6.45, 7) is 2.01. The van der Waals surface area contributed by atoms with Crippen LogP contribution in [0, 0.1) is 11.3 Å². The zero-order valence-electron chi connectivity index (χ0n) is 13.7. The second kappa shape index (κ2) is 6.48. The SMILES string of the molecule is N#Cc1ccc(N2CCCC(Nc3ccnc(C4CC4)n3)C2)cc1. The average Bonchev–Trinajstić information content (AvgIpc) is 3.48. The predicted molar refractivity (Wildman–Crippen MR) is 94.0 cm³/mol. The molecule has 2 aliphatic rings. The van der Waals surface area contributed by atoms with Gasteiger partial charge in [-0.15, -0.1) is 0 Å². The number of hydrogen-bond donors (Lipinski definition) is 1. The van der Waals surface area contributed by atoms with Crippen molar-refractivity contribution in [3.8, 4) is 6.07 Å². The molecular weight excluding hydrogens is 298 g/mol. The van der Waals surface area contributed by atoms with E-state index >= 15 is 0 Å². The Labute approximate surface area is 142 Å². The highest BCUT2D eigenvalue weighted by Crippen LogP contribution is 2.38. The smallest absolute Gasteiger partial charge is 0.133 e. The number of hydrogen-bond acceptors (Lipinski definition) is 5. The molecular formula is C19H21N5. The Morgan fingerprint density at radius 2 is 1.96 bits per heavy atom. The number of aromatic nitrogens is 2. The predicted octanol–water partition coefficient (Wildman–Crippen LogP) is 3.31. The van der Waals surface area contributed by atoms with Crippen LogP contribution in [0.3, 0.4) is 0 Å². The number of benzene rings is 1. The third-order valence-corrected chi connectivity index (χ3v) is 4.75. The molecule has 1 aromatic carbocycles. The van der Waals surface area contributed by atoms with Gasteiger partial charge >= 0.3 is 0 Å².